The number of aliphatic hydroxyl groups is 3. The molecule has 0 bridgehead atoms. The Labute approximate surface area is 208 Å². The number of ether oxygens (including phenoxy) is 1. The number of carbonyl (C=O) groups excluding carboxylic acids is 1. The molecule has 172 valence electrons. The third-order valence-electron chi connectivity index (χ3n) is 6.57. The van der Waals surface area contributed by atoms with Crippen molar-refractivity contribution < 1.29 is 65.7 Å². The third kappa shape index (κ3) is 7.98. The summed E-state index contributed by atoms with van der Waals surface area (Å²) in [6.45, 7) is 5.75. The maximum absolute atomic E-state index is 12.4. The van der Waals surface area contributed by atoms with E-state index in [1.807, 2.05) is 39.0 Å². The fourth-order valence-electron chi connectivity index (χ4n) is 4.53. The van der Waals surface area contributed by atoms with Crippen molar-refractivity contribution in [2.24, 2.45) is 23.7 Å². The first kappa shape index (κ1) is 28.3. The van der Waals surface area contributed by atoms with Crippen LogP contribution in [0.5, 0.6) is 0 Å². The van der Waals surface area contributed by atoms with Gasteiger partial charge in [0.1, 0.15) is 6.10 Å². The van der Waals surface area contributed by atoms with E-state index in [2.05, 4.69) is 0 Å². The van der Waals surface area contributed by atoms with E-state index in [1.54, 1.807) is 0 Å². The van der Waals surface area contributed by atoms with Crippen molar-refractivity contribution in [2.45, 2.75) is 83.7 Å². The van der Waals surface area contributed by atoms with Crippen molar-refractivity contribution in [3.05, 3.63) is 23.8 Å². The number of carbonyl (C=O) groups is 2. The zero-order chi connectivity index (χ0) is 22.4. The molecule has 0 aromatic rings. The Balaban J connectivity index is 0.00000480. The second kappa shape index (κ2) is 13.1. The summed E-state index contributed by atoms with van der Waals surface area (Å²) in [5.74, 6) is -1.64. The van der Waals surface area contributed by atoms with E-state index in [1.165, 1.54) is 0 Å². The number of esters is 1. The maximum atomic E-state index is 12.4. The van der Waals surface area contributed by atoms with Crippen LogP contribution < -0.4 is 29.6 Å². The van der Waals surface area contributed by atoms with Gasteiger partial charge in [0.05, 0.1) is 30.7 Å². The molecule has 0 saturated carbocycles. The molecule has 0 aromatic carbocycles. The Morgan fingerprint density at radius 3 is 2.58 bits per heavy atom. The smallest absolute Gasteiger partial charge is 1.00 e. The molecule has 0 amide bonds. The number of rotatable bonds is 10. The first-order chi connectivity index (χ1) is 14.1. The minimum atomic E-state index is -1.10. The Hall–Kier alpha value is -0.700. The van der Waals surface area contributed by atoms with Gasteiger partial charge in [-0.25, -0.2) is 0 Å². The van der Waals surface area contributed by atoms with E-state index in [4.69, 9.17) is 9.84 Å². The van der Waals surface area contributed by atoms with Crippen molar-refractivity contribution in [1.29, 1.82) is 0 Å². The van der Waals surface area contributed by atoms with Gasteiger partial charge in [-0.3, -0.25) is 9.59 Å². The third-order valence-corrected chi connectivity index (χ3v) is 6.57. The van der Waals surface area contributed by atoms with Gasteiger partial charge < -0.3 is 26.6 Å². The number of carboxylic acids is 1. The van der Waals surface area contributed by atoms with Crippen molar-refractivity contribution >= 4 is 11.9 Å². The predicted octanol–water partition coefficient (Wildman–Crippen LogP) is -0.443. The Morgan fingerprint density at radius 2 is 1.97 bits per heavy atom. The van der Waals surface area contributed by atoms with Gasteiger partial charge in [0.25, 0.3) is 0 Å². The molecule has 0 unspecified atom stereocenters. The Bertz CT molecular complexity index is 669. The van der Waals surface area contributed by atoms with Gasteiger partial charge in [0.2, 0.25) is 0 Å². The first-order valence-electron chi connectivity index (χ1n) is 11.0. The summed E-state index contributed by atoms with van der Waals surface area (Å²) in [5, 5.41) is 39.3. The molecule has 0 saturated heterocycles. The molecule has 0 spiro atoms. The van der Waals surface area contributed by atoms with E-state index in [9.17, 15) is 24.9 Å². The summed E-state index contributed by atoms with van der Waals surface area (Å²) < 4.78 is 5.86. The second-order valence-corrected chi connectivity index (χ2v) is 8.85. The van der Waals surface area contributed by atoms with Crippen molar-refractivity contribution in [3.63, 3.8) is 0 Å². The molecule has 2 rings (SSSR count). The number of allylic oxidation sites excluding steroid dienone is 1. The van der Waals surface area contributed by atoms with E-state index < -0.39 is 30.7 Å². The van der Waals surface area contributed by atoms with Gasteiger partial charge in [-0.15, -0.1) is 0 Å². The zero-order valence-electron chi connectivity index (χ0n) is 20.1. The molecule has 0 heterocycles. The fourth-order valence-corrected chi connectivity index (χ4v) is 4.53. The fraction of sp³-hybridized carbons (Fsp3) is 0.739. The summed E-state index contributed by atoms with van der Waals surface area (Å²) in [7, 11) is 0. The van der Waals surface area contributed by atoms with Crippen molar-refractivity contribution in [3.8, 4) is 0 Å². The number of aliphatic hydroxyl groups excluding tert-OH is 3. The maximum Gasteiger partial charge on any atom is 1.00 e. The summed E-state index contributed by atoms with van der Waals surface area (Å²) in [5.41, 5.74) is 0.958. The summed E-state index contributed by atoms with van der Waals surface area (Å²) in [6, 6.07) is 0. The second-order valence-electron chi connectivity index (χ2n) is 8.85. The average Bonchev–Trinajstić information content (AvgIpc) is 2.67. The van der Waals surface area contributed by atoms with Crippen LogP contribution in [-0.2, 0) is 14.3 Å². The number of hydrogen-bond donors (Lipinski definition) is 4. The topological polar surface area (TPSA) is 124 Å². The van der Waals surface area contributed by atoms with E-state index in [0.717, 1.165) is 5.57 Å². The van der Waals surface area contributed by atoms with Crippen LogP contribution in [0.4, 0.5) is 0 Å². The molecular weight excluding hydrogens is 411 g/mol. The molecule has 0 fully saturated rings. The SMILES string of the molecule is CC[C@H](C)C(=O)O[C@H]1CC=CC2=C[C@@H](O)[C@H](C)[C@H](CC[C@@H](O)C[C@@H](O)CC(=O)O)[C@H]21.[H-].[Na+]. The molecule has 8 heteroatoms. The van der Waals surface area contributed by atoms with Gasteiger partial charge in [-0.05, 0) is 43.1 Å². The molecule has 0 radical (unpaired) electrons. The van der Waals surface area contributed by atoms with Gasteiger partial charge in [-0.2, -0.15) is 0 Å². The van der Waals surface area contributed by atoms with Crippen LogP contribution in [0.25, 0.3) is 0 Å². The van der Waals surface area contributed by atoms with Crippen LogP contribution in [0.1, 0.15) is 60.7 Å². The van der Waals surface area contributed by atoms with Crippen LogP contribution in [0, 0.1) is 23.7 Å². The van der Waals surface area contributed by atoms with Gasteiger partial charge in [-0.1, -0.05) is 39.0 Å². The van der Waals surface area contributed by atoms with Gasteiger partial charge in [0, 0.05) is 12.3 Å². The van der Waals surface area contributed by atoms with Gasteiger partial charge in [0.15, 0.2) is 0 Å². The monoisotopic (exact) mass is 448 g/mol. The minimum absolute atomic E-state index is 0. The largest absolute Gasteiger partial charge is 1.00 e. The normalized spacial score (nSPS) is 30.3. The van der Waals surface area contributed by atoms with Crippen molar-refractivity contribution in [1.82, 2.24) is 0 Å². The van der Waals surface area contributed by atoms with E-state index >= 15 is 0 Å². The van der Waals surface area contributed by atoms with E-state index in [-0.39, 0.29) is 73.1 Å². The number of hydrogen-bond acceptors (Lipinski definition) is 6. The van der Waals surface area contributed by atoms with E-state index in [0.29, 0.717) is 25.7 Å². The molecule has 4 N–H and O–H groups in total. The van der Waals surface area contributed by atoms with Gasteiger partial charge >= 0.3 is 41.5 Å². The summed E-state index contributed by atoms with van der Waals surface area (Å²) in [6.07, 6.45) is 4.79. The number of aliphatic carboxylic acids is 1. The quantitative estimate of drug-likeness (QED) is 0.264. The molecule has 7 nitrogen and oxygen atoms in total. The molecule has 2 aliphatic rings. The molecule has 8 atom stereocenters. The average molecular weight is 449 g/mol. The first-order valence-corrected chi connectivity index (χ1v) is 11.0. The Kier molecular flexibility index (Phi) is 12.0. The molecule has 31 heavy (non-hydrogen) atoms. The van der Waals surface area contributed by atoms with Crippen LogP contribution in [0.2, 0.25) is 0 Å². The van der Waals surface area contributed by atoms with Crippen LogP contribution in [0.3, 0.4) is 0 Å². The molecule has 0 aromatic heterocycles. The van der Waals surface area contributed by atoms with Crippen LogP contribution in [-0.4, -0.2) is 56.8 Å². The van der Waals surface area contributed by atoms with Crippen molar-refractivity contribution in [2.75, 3.05) is 0 Å². The summed E-state index contributed by atoms with van der Waals surface area (Å²) in [4.78, 5) is 23.1. The van der Waals surface area contributed by atoms with Crippen LogP contribution in [0.15, 0.2) is 23.8 Å². The molecule has 0 aliphatic heterocycles. The standard InChI is InChI=1S/C23H36O7.Na.H/c1-4-13(2)23(29)30-20-7-5-6-15-10-19(26)14(3)18(22(15)20)9-8-16(24)11-17(25)12-21(27)28;;/h5-6,10,13-14,16-20,22,24-26H,4,7-9,11-12H2,1-3H3,(H,27,28);;/q;+1;-1/t13-,14+,16+,17+,18-,19+,20-,22-;;/m0../s1. The summed E-state index contributed by atoms with van der Waals surface area (Å²) >= 11 is 0. The predicted molar refractivity (Wildman–Crippen MR) is 113 cm³/mol. The van der Waals surface area contributed by atoms with Crippen LogP contribution >= 0.6 is 0 Å². The molecular formula is C23H37NaO7. The number of fused-ring (bicyclic) bond motifs is 1. The minimum Gasteiger partial charge on any atom is -1.00 e. The molecule has 2 aliphatic carbocycles. The Morgan fingerprint density at radius 1 is 1.29 bits per heavy atom. The zero-order valence-corrected chi connectivity index (χ0v) is 21.1. The number of carboxylic acid groups (broad SMARTS) is 1.